The number of alkyl carbamates (subject to hydrolysis) is 1. The van der Waals surface area contributed by atoms with E-state index in [0.717, 1.165) is 37.3 Å². The van der Waals surface area contributed by atoms with Gasteiger partial charge < -0.3 is 26.0 Å². The standard InChI is InChI=1S/C26H36N4O5/c1-2-23(31)29-22(16-20-13-14-27-24(20)32)30-25(33)21(15-18-9-5-3-6-10-18)28-26(34)35-17-19-11-7-4-8-12-19/h2,4,7-8,11-12,18,20-22H,1,3,5-6,9-10,13-17H2,(H,27,32)(H,28,34)(H,29,31)(H,30,33)/t20-,21?,22-/m0/s1. The summed E-state index contributed by atoms with van der Waals surface area (Å²) in [6, 6.07) is 8.49. The highest BCUT2D eigenvalue weighted by atomic mass is 16.5. The number of hydrogen-bond acceptors (Lipinski definition) is 5. The minimum atomic E-state index is -0.818. The zero-order valence-electron chi connectivity index (χ0n) is 20.1. The number of hydrogen-bond donors (Lipinski definition) is 4. The molecular weight excluding hydrogens is 448 g/mol. The van der Waals surface area contributed by atoms with Gasteiger partial charge in [0.2, 0.25) is 17.7 Å². The third kappa shape index (κ3) is 8.73. The first kappa shape index (κ1) is 26.2. The molecule has 3 atom stereocenters. The number of carbonyl (C=O) groups excluding carboxylic acids is 4. The van der Waals surface area contributed by atoms with Crippen LogP contribution in [-0.2, 0) is 25.7 Å². The van der Waals surface area contributed by atoms with Gasteiger partial charge in [0.15, 0.2) is 0 Å². The summed E-state index contributed by atoms with van der Waals surface area (Å²) < 4.78 is 5.34. The van der Waals surface area contributed by atoms with Gasteiger partial charge in [-0.1, -0.05) is 69.0 Å². The summed E-state index contributed by atoms with van der Waals surface area (Å²) in [5.74, 6) is -0.965. The molecule has 35 heavy (non-hydrogen) atoms. The van der Waals surface area contributed by atoms with Gasteiger partial charge in [-0.25, -0.2) is 4.79 Å². The van der Waals surface area contributed by atoms with E-state index in [2.05, 4.69) is 27.8 Å². The molecular formula is C26H36N4O5. The molecule has 0 aromatic heterocycles. The fraction of sp³-hybridized carbons (Fsp3) is 0.538. The van der Waals surface area contributed by atoms with Crippen molar-refractivity contribution in [3.05, 3.63) is 48.6 Å². The molecule has 4 amide bonds. The van der Waals surface area contributed by atoms with E-state index in [0.29, 0.717) is 25.3 Å². The van der Waals surface area contributed by atoms with Crippen LogP contribution in [-0.4, -0.2) is 42.6 Å². The predicted octanol–water partition coefficient (Wildman–Crippen LogP) is 2.52. The summed E-state index contributed by atoms with van der Waals surface area (Å²) in [4.78, 5) is 49.9. The van der Waals surface area contributed by atoms with Gasteiger partial charge in [0, 0.05) is 12.5 Å². The van der Waals surface area contributed by atoms with E-state index < -0.39 is 30.1 Å². The maximum absolute atomic E-state index is 13.3. The van der Waals surface area contributed by atoms with Crippen LogP contribution in [0.2, 0.25) is 0 Å². The Bertz CT molecular complexity index is 885. The fourth-order valence-electron chi connectivity index (χ4n) is 4.71. The molecule has 1 saturated heterocycles. The molecule has 9 nitrogen and oxygen atoms in total. The van der Waals surface area contributed by atoms with Crippen molar-refractivity contribution in [1.82, 2.24) is 21.3 Å². The molecule has 1 aromatic carbocycles. The van der Waals surface area contributed by atoms with Gasteiger partial charge in [-0.2, -0.15) is 0 Å². The highest BCUT2D eigenvalue weighted by Crippen LogP contribution is 2.27. The van der Waals surface area contributed by atoms with Gasteiger partial charge in [0.25, 0.3) is 0 Å². The number of carbonyl (C=O) groups is 4. The first-order valence-electron chi connectivity index (χ1n) is 12.4. The van der Waals surface area contributed by atoms with E-state index in [1.165, 1.54) is 6.42 Å². The van der Waals surface area contributed by atoms with E-state index in [1.54, 1.807) is 0 Å². The molecule has 1 aromatic rings. The van der Waals surface area contributed by atoms with Crippen LogP contribution in [0.25, 0.3) is 0 Å². The van der Waals surface area contributed by atoms with E-state index in [-0.39, 0.29) is 24.9 Å². The van der Waals surface area contributed by atoms with Gasteiger partial charge in [0.1, 0.15) is 18.8 Å². The summed E-state index contributed by atoms with van der Waals surface area (Å²) in [5, 5.41) is 11.0. The van der Waals surface area contributed by atoms with Crippen LogP contribution in [0.1, 0.15) is 56.9 Å². The van der Waals surface area contributed by atoms with Gasteiger partial charge in [-0.3, -0.25) is 14.4 Å². The van der Waals surface area contributed by atoms with E-state index >= 15 is 0 Å². The maximum atomic E-state index is 13.3. The molecule has 2 fully saturated rings. The lowest BCUT2D eigenvalue weighted by molar-refractivity contribution is -0.127. The van der Waals surface area contributed by atoms with Gasteiger partial charge >= 0.3 is 6.09 Å². The van der Waals surface area contributed by atoms with Crippen molar-refractivity contribution >= 4 is 23.8 Å². The highest BCUT2D eigenvalue weighted by Gasteiger charge is 2.31. The van der Waals surface area contributed by atoms with E-state index in [9.17, 15) is 19.2 Å². The van der Waals surface area contributed by atoms with Crippen LogP contribution in [0.15, 0.2) is 43.0 Å². The lowest BCUT2D eigenvalue weighted by Gasteiger charge is -2.28. The summed E-state index contributed by atoms with van der Waals surface area (Å²) in [6.45, 7) is 4.12. The zero-order chi connectivity index (χ0) is 25.0. The zero-order valence-corrected chi connectivity index (χ0v) is 20.1. The van der Waals surface area contributed by atoms with Crippen LogP contribution >= 0.6 is 0 Å². The van der Waals surface area contributed by atoms with Crippen LogP contribution in [0.4, 0.5) is 4.79 Å². The second kappa shape index (κ2) is 13.5. The topological polar surface area (TPSA) is 126 Å². The van der Waals surface area contributed by atoms with Crippen LogP contribution in [0.5, 0.6) is 0 Å². The van der Waals surface area contributed by atoms with Crippen molar-refractivity contribution in [3.63, 3.8) is 0 Å². The number of ether oxygens (including phenoxy) is 1. The molecule has 0 bridgehead atoms. The van der Waals surface area contributed by atoms with Gasteiger partial charge in [-0.15, -0.1) is 0 Å². The Kier molecular flexibility index (Phi) is 10.1. The SMILES string of the molecule is C=CC(=O)N[C@H](C[C@@H]1CCNC1=O)NC(=O)C(CC1CCCCC1)NC(=O)OCc1ccccc1. The minimum absolute atomic E-state index is 0.0965. The fourth-order valence-corrected chi connectivity index (χ4v) is 4.71. The third-order valence-corrected chi connectivity index (χ3v) is 6.62. The van der Waals surface area contributed by atoms with Gasteiger partial charge in [-0.05, 0) is 36.8 Å². The Morgan fingerprint density at radius 1 is 1.03 bits per heavy atom. The van der Waals surface area contributed by atoms with Crippen LogP contribution in [0, 0.1) is 11.8 Å². The molecule has 4 N–H and O–H groups in total. The van der Waals surface area contributed by atoms with E-state index in [4.69, 9.17) is 4.74 Å². The van der Waals surface area contributed by atoms with Crippen molar-refractivity contribution in [1.29, 1.82) is 0 Å². The molecule has 0 radical (unpaired) electrons. The summed E-state index contributed by atoms with van der Waals surface area (Å²) in [7, 11) is 0. The number of rotatable bonds is 11. The molecule has 1 heterocycles. The first-order chi connectivity index (χ1) is 16.9. The Labute approximate surface area is 206 Å². The lowest BCUT2D eigenvalue weighted by atomic mass is 9.84. The van der Waals surface area contributed by atoms with Crippen molar-refractivity contribution < 1.29 is 23.9 Å². The summed E-state index contributed by atoms with van der Waals surface area (Å²) >= 11 is 0. The predicted molar refractivity (Wildman–Crippen MR) is 131 cm³/mol. The number of benzene rings is 1. The van der Waals surface area contributed by atoms with Crippen LogP contribution in [0.3, 0.4) is 0 Å². The lowest BCUT2D eigenvalue weighted by Crippen LogP contribution is -2.55. The first-order valence-corrected chi connectivity index (χ1v) is 12.4. The Morgan fingerprint density at radius 3 is 2.43 bits per heavy atom. The quantitative estimate of drug-likeness (QED) is 0.284. The molecule has 1 saturated carbocycles. The largest absolute Gasteiger partial charge is 0.445 e. The smallest absolute Gasteiger partial charge is 0.408 e. The molecule has 3 rings (SSSR count). The molecule has 1 aliphatic carbocycles. The summed E-state index contributed by atoms with van der Waals surface area (Å²) in [6.07, 6.45) is 6.44. The Morgan fingerprint density at radius 2 is 1.77 bits per heavy atom. The number of nitrogens with one attached hydrogen (secondary N) is 4. The molecule has 2 aliphatic rings. The van der Waals surface area contributed by atoms with Crippen molar-refractivity contribution in [2.45, 2.75) is 70.2 Å². The van der Waals surface area contributed by atoms with Crippen LogP contribution < -0.4 is 21.3 Å². The van der Waals surface area contributed by atoms with Crippen molar-refractivity contribution in [2.75, 3.05) is 6.54 Å². The third-order valence-electron chi connectivity index (χ3n) is 6.62. The molecule has 0 spiro atoms. The van der Waals surface area contributed by atoms with Crippen molar-refractivity contribution in [2.24, 2.45) is 11.8 Å². The molecule has 1 unspecified atom stereocenters. The highest BCUT2D eigenvalue weighted by molar-refractivity contribution is 5.89. The monoisotopic (exact) mass is 484 g/mol. The molecule has 9 heteroatoms. The van der Waals surface area contributed by atoms with Crippen molar-refractivity contribution in [3.8, 4) is 0 Å². The molecule has 190 valence electrons. The van der Waals surface area contributed by atoms with Gasteiger partial charge in [0.05, 0.1) is 0 Å². The second-order valence-electron chi connectivity index (χ2n) is 9.28. The second-order valence-corrected chi connectivity index (χ2v) is 9.28. The number of amides is 4. The average molecular weight is 485 g/mol. The average Bonchev–Trinajstić information content (AvgIpc) is 3.27. The maximum Gasteiger partial charge on any atom is 0.408 e. The minimum Gasteiger partial charge on any atom is -0.445 e. The van der Waals surface area contributed by atoms with E-state index in [1.807, 2.05) is 30.3 Å². The molecule has 1 aliphatic heterocycles. The Hall–Kier alpha value is -3.36. The Balaban J connectivity index is 1.64. The summed E-state index contributed by atoms with van der Waals surface area (Å²) in [5.41, 5.74) is 0.845. The normalized spacial score (nSPS) is 19.7.